The minimum Gasteiger partial charge on any atom is -0.355 e. The number of pyridine rings is 1. The van der Waals surface area contributed by atoms with Gasteiger partial charge in [0, 0.05) is 31.9 Å². The second kappa shape index (κ2) is 8.94. The number of aliphatic imine (C=N–C) groups is 1. The zero-order valence-electron chi connectivity index (χ0n) is 15.7. The van der Waals surface area contributed by atoms with Crippen LogP contribution < -0.4 is 16.0 Å². The molecule has 28 heavy (non-hydrogen) atoms. The van der Waals surface area contributed by atoms with E-state index < -0.39 is 5.82 Å². The molecule has 2 aromatic heterocycles. The average Bonchev–Trinajstić information content (AvgIpc) is 3.12. The van der Waals surface area contributed by atoms with Crippen molar-refractivity contribution in [3.8, 4) is 0 Å². The largest absolute Gasteiger partial charge is 0.355 e. The van der Waals surface area contributed by atoms with E-state index in [0.717, 1.165) is 11.5 Å². The lowest BCUT2D eigenvalue weighted by molar-refractivity contribution is 0.0954. The number of benzene rings is 1. The van der Waals surface area contributed by atoms with E-state index in [-0.39, 0.29) is 5.91 Å². The molecular formula is C19H22FN7O. The molecular weight excluding hydrogens is 361 g/mol. The summed E-state index contributed by atoms with van der Waals surface area (Å²) in [4.78, 5) is 16.2. The lowest BCUT2D eigenvalue weighted by atomic mass is 10.1. The molecule has 0 fully saturated rings. The number of hydrogen-bond acceptors (Lipinski definition) is 4. The molecule has 1 aromatic carbocycles. The van der Waals surface area contributed by atoms with E-state index in [0.29, 0.717) is 36.7 Å². The summed E-state index contributed by atoms with van der Waals surface area (Å²) in [5.41, 5.74) is 1.58. The number of rotatable bonds is 6. The van der Waals surface area contributed by atoms with Gasteiger partial charge in [0.15, 0.2) is 17.4 Å². The Kier molecular flexibility index (Phi) is 6.15. The van der Waals surface area contributed by atoms with Gasteiger partial charge in [0.1, 0.15) is 5.82 Å². The van der Waals surface area contributed by atoms with Crippen molar-refractivity contribution in [1.82, 2.24) is 30.5 Å². The third-order valence-electron chi connectivity index (χ3n) is 4.16. The van der Waals surface area contributed by atoms with E-state index in [9.17, 15) is 9.18 Å². The second-order valence-electron chi connectivity index (χ2n) is 6.12. The Morgan fingerprint density at radius 3 is 2.75 bits per heavy atom. The molecule has 3 N–H and O–H groups in total. The molecule has 146 valence electrons. The van der Waals surface area contributed by atoms with Crippen LogP contribution in [0.5, 0.6) is 0 Å². The predicted octanol–water partition coefficient (Wildman–Crippen LogP) is 1.27. The number of carbonyl (C=O) groups is 1. The highest BCUT2D eigenvalue weighted by atomic mass is 19.1. The Labute approximate surface area is 161 Å². The molecule has 0 aliphatic carbocycles. The molecule has 9 heteroatoms. The molecule has 3 aromatic rings. The lowest BCUT2D eigenvalue weighted by Crippen LogP contribution is -2.41. The average molecular weight is 383 g/mol. The number of aryl methyl sites for hydroxylation is 1. The van der Waals surface area contributed by atoms with Crippen molar-refractivity contribution in [1.29, 1.82) is 0 Å². The van der Waals surface area contributed by atoms with Gasteiger partial charge >= 0.3 is 0 Å². The summed E-state index contributed by atoms with van der Waals surface area (Å²) in [7, 11) is 1.66. The van der Waals surface area contributed by atoms with E-state index in [2.05, 4.69) is 31.1 Å². The first-order chi connectivity index (χ1) is 13.6. The summed E-state index contributed by atoms with van der Waals surface area (Å²) in [5, 5.41) is 17.2. The molecule has 0 radical (unpaired) electrons. The van der Waals surface area contributed by atoms with Crippen LogP contribution in [0.25, 0.3) is 5.65 Å². The van der Waals surface area contributed by atoms with Crippen LogP contribution in [0.2, 0.25) is 0 Å². The van der Waals surface area contributed by atoms with Crippen molar-refractivity contribution in [2.45, 2.75) is 13.5 Å². The summed E-state index contributed by atoms with van der Waals surface area (Å²) < 4.78 is 15.4. The SMILES string of the molecule is CN=C(NCCNC(=O)c1ccc(C)c(F)c1)NCc1nnc2ccccn12. The normalized spacial score (nSPS) is 11.5. The summed E-state index contributed by atoms with van der Waals surface area (Å²) in [6.07, 6.45) is 1.89. The van der Waals surface area contributed by atoms with E-state index in [1.54, 1.807) is 26.1 Å². The Morgan fingerprint density at radius 1 is 1.14 bits per heavy atom. The van der Waals surface area contributed by atoms with Crippen molar-refractivity contribution >= 4 is 17.5 Å². The van der Waals surface area contributed by atoms with Crippen LogP contribution >= 0.6 is 0 Å². The number of carbonyl (C=O) groups excluding carboxylic acids is 1. The molecule has 0 bridgehead atoms. The maximum absolute atomic E-state index is 13.6. The maximum Gasteiger partial charge on any atom is 0.251 e. The van der Waals surface area contributed by atoms with Gasteiger partial charge < -0.3 is 16.0 Å². The topological polar surface area (TPSA) is 95.7 Å². The molecule has 0 aliphatic heterocycles. The minimum absolute atomic E-state index is 0.296. The van der Waals surface area contributed by atoms with Gasteiger partial charge in [0.2, 0.25) is 0 Å². The quantitative estimate of drug-likeness (QED) is 0.339. The summed E-state index contributed by atoms with van der Waals surface area (Å²) in [5.74, 6) is 0.617. The third kappa shape index (κ3) is 4.61. The number of hydrogen-bond donors (Lipinski definition) is 3. The van der Waals surface area contributed by atoms with Crippen molar-refractivity contribution < 1.29 is 9.18 Å². The molecule has 0 atom stereocenters. The monoisotopic (exact) mass is 383 g/mol. The van der Waals surface area contributed by atoms with Gasteiger partial charge in [0.25, 0.3) is 5.91 Å². The maximum atomic E-state index is 13.6. The molecule has 8 nitrogen and oxygen atoms in total. The van der Waals surface area contributed by atoms with Crippen molar-refractivity contribution in [2.24, 2.45) is 4.99 Å². The summed E-state index contributed by atoms with van der Waals surface area (Å²) in [6.45, 7) is 2.92. The van der Waals surface area contributed by atoms with Crippen molar-refractivity contribution in [3.05, 3.63) is 65.4 Å². The summed E-state index contributed by atoms with van der Waals surface area (Å²) >= 11 is 0. The molecule has 0 saturated carbocycles. The first-order valence-corrected chi connectivity index (χ1v) is 8.86. The van der Waals surface area contributed by atoms with Gasteiger partial charge in [-0.2, -0.15) is 0 Å². The van der Waals surface area contributed by atoms with Crippen molar-refractivity contribution in [2.75, 3.05) is 20.1 Å². The van der Waals surface area contributed by atoms with Crippen LogP contribution in [0.3, 0.4) is 0 Å². The summed E-state index contributed by atoms with van der Waals surface area (Å²) in [6, 6.07) is 10.1. The minimum atomic E-state index is -0.392. The number of guanidine groups is 1. The van der Waals surface area contributed by atoms with Crippen molar-refractivity contribution in [3.63, 3.8) is 0 Å². The molecule has 0 unspecified atom stereocenters. The van der Waals surface area contributed by atoms with Crippen LogP contribution in [-0.2, 0) is 6.54 Å². The number of halogens is 1. The first-order valence-electron chi connectivity index (χ1n) is 8.86. The highest BCUT2D eigenvalue weighted by Gasteiger charge is 2.08. The van der Waals surface area contributed by atoms with Crippen LogP contribution in [0.1, 0.15) is 21.7 Å². The highest BCUT2D eigenvalue weighted by Crippen LogP contribution is 2.08. The zero-order chi connectivity index (χ0) is 19.9. The Hall–Kier alpha value is -3.49. The van der Waals surface area contributed by atoms with Crippen LogP contribution in [0.15, 0.2) is 47.6 Å². The van der Waals surface area contributed by atoms with Gasteiger partial charge in [-0.15, -0.1) is 10.2 Å². The number of amides is 1. The fourth-order valence-electron chi connectivity index (χ4n) is 2.59. The Morgan fingerprint density at radius 2 is 1.96 bits per heavy atom. The molecule has 2 heterocycles. The predicted molar refractivity (Wildman–Crippen MR) is 105 cm³/mol. The van der Waals surface area contributed by atoms with E-state index in [1.165, 1.54) is 6.07 Å². The molecule has 0 saturated heterocycles. The van der Waals surface area contributed by atoms with Crippen LogP contribution in [-0.4, -0.2) is 46.6 Å². The van der Waals surface area contributed by atoms with Gasteiger partial charge in [-0.25, -0.2) is 4.39 Å². The zero-order valence-corrected chi connectivity index (χ0v) is 15.7. The third-order valence-corrected chi connectivity index (χ3v) is 4.16. The van der Waals surface area contributed by atoms with Gasteiger partial charge in [0.05, 0.1) is 6.54 Å². The number of nitrogens with one attached hydrogen (secondary N) is 3. The van der Waals surface area contributed by atoms with Gasteiger partial charge in [-0.3, -0.25) is 14.2 Å². The van der Waals surface area contributed by atoms with Crippen LogP contribution in [0.4, 0.5) is 4.39 Å². The smallest absolute Gasteiger partial charge is 0.251 e. The molecule has 1 amide bonds. The number of aromatic nitrogens is 3. The number of fused-ring (bicyclic) bond motifs is 1. The van der Waals surface area contributed by atoms with E-state index in [1.807, 2.05) is 28.8 Å². The van der Waals surface area contributed by atoms with Gasteiger partial charge in [-0.1, -0.05) is 12.1 Å². The lowest BCUT2D eigenvalue weighted by Gasteiger charge is -2.12. The fraction of sp³-hybridized carbons (Fsp3) is 0.263. The first kappa shape index (κ1) is 19.3. The Balaban J connectivity index is 1.44. The standard InChI is InChI=1S/C19H22FN7O/c1-13-6-7-14(11-15(13)20)18(28)22-8-9-23-19(21-2)24-12-17-26-25-16-5-3-4-10-27(16)17/h3-7,10-11H,8-9,12H2,1-2H3,(H,22,28)(H2,21,23,24). The fourth-order valence-corrected chi connectivity index (χ4v) is 2.59. The van der Waals surface area contributed by atoms with Gasteiger partial charge in [-0.05, 0) is 36.8 Å². The second-order valence-corrected chi connectivity index (χ2v) is 6.12. The highest BCUT2D eigenvalue weighted by molar-refractivity contribution is 5.94. The molecule has 3 rings (SSSR count). The Bertz CT molecular complexity index is 999. The van der Waals surface area contributed by atoms with E-state index >= 15 is 0 Å². The van der Waals surface area contributed by atoms with Crippen LogP contribution in [0, 0.1) is 12.7 Å². The molecule has 0 aliphatic rings. The number of nitrogens with zero attached hydrogens (tertiary/aromatic N) is 4. The van der Waals surface area contributed by atoms with E-state index in [4.69, 9.17) is 0 Å². The molecule has 0 spiro atoms.